The van der Waals surface area contributed by atoms with E-state index in [0.717, 1.165) is 18.8 Å². The van der Waals surface area contributed by atoms with Gasteiger partial charge in [0.25, 0.3) is 0 Å². The number of nitrogens with zero attached hydrogens (tertiary/aromatic N) is 1. The van der Waals surface area contributed by atoms with E-state index in [4.69, 9.17) is 10.5 Å². The Morgan fingerprint density at radius 1 is 1.42 bits per heavy atom. The van der Waals surface area contributed by atoms with Crippen molar-refractivity contribution < 1.29 is 9.13 Å². The van der Waals surface area contributed by atoms with Gasteiger partial charge in [-0.25, -0.2) is 4.39 Å². The molecule has 0 amide bonds. The second-order valence-electron chi connectivity index (χ2n) is 5.14. The monoisotopic (exact) mass is 266 g/mol. The summed E-state index contributed by atoms with van der Waals surface area (Å²) in [5.41, 5.74) is 7.37. The molecule has 3 nitrogen and oxygen atoms in total. The molecule has 106 valence electrons. The Labute approximate surface area is 114 Å². The molecule has 0 aromatic heterocycles. The summed E-state index contributed by atoms with van der Waals surface area (Å²) in [7, 11) is 0. The molecule has 1 aromatic carbocycles. The van der Waals surface area contributed by atoms with Gasteiger partial charge in [0.05, 0.1) is 18.0 Å². The summed E-state index contributed by atoms with van der Waals surface area (Å²) in [4.78, 5) is 2.26. The van der Waals surface area contributed by atoms with E-state index in [0.29, 0.717) is 24.0 Å². The van der Waals surface area contributed by atoms with Gasteiger partial charge in [-0.2, -0.15) is 0 Å². The molecule has 1 unspecified atom stereocenters. The molecule has 0 saturated carbocycles. The van der Waals surface area contributed by atoms with Crippen molar-refractivity contribution in [2.24, 2.45) is 5.92 Å². The van der Waals surface area contributed by atoms with Crippen molar-refractivity contribution in [2.75, 3.05) is 30.3 Å². The van der Waals surface area contributed by atoms with E-state index in [2.05, 4.69) is 11.8 Å². The van der Waals surface area contributed by atoms with Crippen LogP contribution in [-0.2, 0) is 0 Å². The minimum Gasteiger partial charge on any atom is -0.491 e. The maximum Gasteiger partial charge on any atom is 0.167 e. The molecule has 1 heterocycles. The molecule has 1 saturated heterocycles. The molecule has 1 atom stereocenters. The zero-order valence-corrected chi connectivity index (χ0v) is 11.8. The molecule has 1 aromatic rings. The fraction of sp³-hybridized carbons (Fsp3) is 0.600. The Balaban J connectivity index is 2.25. The van der Waals surface area contributed by atoms with Crippen molar-refractivity contribution in [3.8, 4) is 5.75 Å². The zero-order valence-electron chi connectivity index (χ0n) is 11.8. The Bertz CT molecular complexity index is 436. The Kier molecular flexibility index (Phi) is 4.51. The van der Waals surface area contributed by atoms with Gasteiger partial charge in [-0.1, -0.05) is 13.3 Å². The van der Waals surface area contributed by atoms with Gasteiger partial charge >= 0.3 is 0 Å². The van der Waals surface area contributed by atoms with Crippen LogP contribution in [0.15, 0.2) is 12.1 Å². The van der Waals surface area contributed by atoms with E-state index >= 15 is 0 Å². The fourth-order valence-electron chi connectivity index (χ4n) is 2.72. The molecule has 2 N–H and O–H groups in total. The fourth-order valence-corrected chi connectivity index (χ4v) is 2.72. The van der Waals surface area contributed by atoms with Crippen LogP contribution in [0.4, 0.5) is 15.8 Å². The standard InChI is InChI=1S/C15H23FN2O/c1-3-11-6-5-7-18(10-11)14-9-15(19-4-2)12(16)8-13(14)17/h8-9,11H,3-7,10,17H2,1-2H3. The number of nitrogen functional groups attached to an aromatic ring is 1. The van der Waals surface area contributed by atoms with Crippen LogP contribution < -0.4 is 15.4 Å². The highest BCUT2D eigenvalue weighted by Gasteiger charge is 2.21. The molecule has 0 aliphatic carbocycles. The summed E-state index contributed by atoms with van der Waals surface area (Å²) in [6, 6.07) is 3.11. The van der Waals surface area contributed by atoms with E-state index in [9.17, 15) is 4.39 Å². The summed E-state index contributed by atoms with van der Waals surface area (Å²) < 4.78 is 19.0. The third-order valence-electron chi connectivity index (χ3n) is 3.82. The minimum absolute atomic E-state index is 0.297. The van der Waals surface area contributed by atoms with Gasteiger partial charge in [0.2, 0.25) is 0 Å². The number of nitrogens with two attached hydrogens (primary N) is 1. The largest absolute Gasteiger partial charge is 0.491 e. The molecule has 0 spiro atoms. The number of rotatable bonds is 4. The first kappa shape index (κ1) is 14.0. The van der Waals surface area contributed by atoms with Crippen LogP contribution in [0, 0.1) is 11.7 Å². The van der Waals surface area contributed by atoms with Gasteiger partial charge in [-0.05, 0) is 25.7 Å². The first-order valence-electron chi connectivity index (χ1n) is 7.12. The van der Waals surface area contributed by atoms with Crippen LogP contribution >= 0.6 is 0 Å². The minimum atomic E-state index is -0.382. The maximum absolute atomic E-state index is 13.7. The summed E-state index contributed by atoms with van der Waals surface area (Å²) in [6.45, 7) is 6.50. The number of anilines is 2. The zero-order chi connectivity index (χ0) is 13.8. The predicted molar refractivity (Wildman–Crippen MR) is 77.2 cm³/mol. The normalized spacial score (nSPS) is 19.5. The third-order valence-corrected chi connectivity index (χ3v) is 3.82. The number of hydrogen-bond donors (Lipinski definition) is 1. The number of benzene rings is 1. The van der Waals surface area contributed by atoms with Crippen molar-refractivity contribution in [3.05, 3.63) is 17.9 Å². The van der Waals surface area contributed by atoms with Crippen molar-refractivity contribution in [1.82, 2.24) is 0 Å². The third kappa shape index (κ3) is 3.11. The van der Waals surface area contributed by atoms with E-state index in [1.807, 2.05) is 6.92 Å². The SMILES string of the molecule is CCOc1cc(N2CCCC(CC)C2)c(N)cc1F. The molecule has 0 bridgehead atoms. The molecule has 19 heavy (non-hydrogen) atoms. The number of halogens is 1. The van der Waals surface area contributed by atoms with Gasteiger partial charge in [0.15, 0.2) is 11.6 Å². The topological polar surface area (TPSA) is 38.5 Å². The van der Waals surface area contributed by atoms with Crippen LogP contribution in [0.5, 0.6) is 5.75 Å². The van der Waals surface area contributed by atoms with Crippen LogP contribution in [0.3, 0.4) is 0 Å². The Morgan fingerprint density at radius 3 is 2.89 bits per heavy atom. The summed E-state index contributed by atoms with van der Waals surface area (Å²) in [6.07, 6.45) is 3.61. The summed E-state index contributed by atoms with van der Waals surface area (Å²) in [5, 5.41) is 0. The molecular formula is C15H23FN2O. The van der Waals surface area contributed by atoms with E-state index in [-0.39, 0.29) is 5.82 Å². The molecule has 1 fully saturated rings. The summed E-state index contributed by atoms with van der Waals surface area (Å²) in [5.74, 6) is 0.617. The van der Waals surface area contributed by atoms with Crippen molar-refractivity contribution in [1.29, 1.82) is 0 Å². The van der Waals surface area contributed by atoms with E-state index in [1.54, 1.807) is 6.07 Å². The first-order chi connectivity index (χ1) is 9.15. The molecule has 2 rings (SSSR count). The van der Waals surface area contributed by atoms with Crippen LogP contribution in [0.25, 0.3) is 0 Å². The Hall–Kier alpha value is -1.45. The number of ether oxygens (including phenoxy) is 1. The Morgan fingerprint density at radius 2 is 2.21 bits per heavy atom. The van der Waals surface area contributed by atoms with E-state index in [1.165, 1.54) is 25.3 Å². The highest BCUT2D eigenvalue weighted by Crippen LogP contribution is 2.34. The number of hydrogen-bond acceptors (Lipinski definition) is 3. The lowest BCUT2D eigenvalue weighted by Crippen LogP contribution is -2.35. The summed E-state index contributed by atoms with van der Waals surface area (Å²) >= 11 is 0. The average molecular weight is 266 g/mol. The molecule has 1 aliphatic rings. The smallest absolute Gasteiger partial charge is 0.167 e. The van der Waals surface area contributed by atoms with Crippen LogP contribution in [0.1, 0.15) is 33.1 Å². The maximum atomic E-state index is 13.7. The van der Waals surface area contributed by atoms with Crippen LogP contribution in [-0.4, -0.2) is 19.7 Å². The molecule has 1 aliphatic heterocycles. The molecule has 0 radical (unpaired) electrons. The van der Waals surface area contributed by atoms with Crippen LogP contribution in [0.2, 0.25) is 0 Å². The van der Waals surface area contributed by atoms with Crippen molar-refractivity contribution in [3.63, 3.8) is 0 Å². The quantitative estimate of drug-likeness (QED) is 0.848. The van der Waals surface area contributed by atoms with Gasteiger partial charge < -0.3 is 15.4 Å². The van der Waals surface area contributed by atoms with Gasteiger partial charge in [-0.3, -0.25) is 0 Å². The average Bonchev–Trinajstić information content (AvgIpc) is 2.42. The molecular weight excluding hydrogens is 243 g/mol. The lowest BCUT2D eigenvalue weighted by Gasteiger charge is -2.35. The van der Waals surface area contributed by atoms with Gasteiger partial charge in [0, 0.05) is 25.2 Å². The second-order valence-corrected chi connectivity index (χ2v) is 5.14. The lowest BCUT2D eigenvalue weighted by atomic mass is 9.95. The lowest BCUT2D eigenvalue weighted by molar-refractivity contribution is 0.321. The highest BCUT2D eigenvalue weighted by molar-refractivity contribution is 5.70. The second kappa shape index (κ2) is 6.13. The van der Waals surface area contributed by atoms with E-state index < -0.39 is 0 Å². The van der Waals surface area contributed by atoms with Gasteiger partial charge in [0.1, 0.15) is 0 Å². The van der Waals surface area contributed by atoms with Crippen molar-refractivity contribution in [2.45, 2.75) is 33.1 Å². The highest BCUT2D eigenvalue weighted by atomic mass is 19.1. The van der Waals surface area contributed by atoms with Gasteiger partial charge in [-0.15, -0.1) is 0 Å². The molecule has 4 heteroatoms. The van der Waals surface area contributed by atoms with Crippen molar-refractivity contribution >= 4 is 11.4 Å². The predicted octanol–water partition coefficient (Wildman–Crippen LogP) is 3.43. The number of piperidine rings is 1. The first-order valence-corrected chi connectivity index (χ1v) is 7.12.